The number of carbonyl (C=O) groups excluding carboxylic acids is 2. The van der Waals surface area contributed by atoms with Crippen molar-refractivity contribution in [2.24, 2.45) is 5.16 Å². The third-order valence-electron chi connectivity index (χ3n) is 3.74. The molecule has 0 saturated heterocycles. The predicted octanol–water partition coefficient (Wildman–Crippen LogP) is 2.92. The van der Waals surface area contributed by atoms with E-state index >= 15 is 0 Å². The summed E-state index contributed by atoms with van der Waals surface area (Å²) < 4.78 is 0.645. The molecule has 1 aromatic heterocycles. The van der Waals surface area contributed by atoms with E-state index in [0.29, 0.717) is 22.0 Å². The normalized spacial score (nSPS) is 16.1. The number of nitrogens with one attached hydrogen (secondary N) is 2. The third kappa shape index (κ3) is 4.18. The number of aryl methyl sites for hydroxylation is 1. The Hall–Kier alpha value is -2.38. The first-order valence-corrected chi connectivity index (χ1v) is 8.94. The highest BCUT2D eigenvalue weighted by atomic mass is 35.5. The molecule has 1 atom stereocenters. The fourth-order valence-corrected chi connectivity index (χ4v) is 3.33. The van der Waals surface area contributed by atoms with Gasteiger partial charge in [-0.3, -0.25) is 20.4 Å². The van der Waals surface area contributed by atoms with Gasteiger partial charge in [0, 0.05) is 12.0 Å². The van der Waals surface area contributed by atoms with Crippen molar-refractivity contribution >= 4 is 40.5 Å². The molecule has 6 nitrogen and oxygen atoms in total. The fourth-order valence-electron chi connectivity index (χ4n) is 2.30. The Labute approximate surface area is 153 Å². The van der Waals surface area contributed by atoms with Crippen LogP contribution in [-0.2, 0) is 16.1 Å². The average molecular weight is 378 g/mol. The molecule has 130 valence electrons. The molecule has 2 amide bonds. The minimum absolute atomic E-state index is 0.323. The van der Waals surface area contributed by atoms with Gasteiger partial charge in [0.1, 0.15) is 5.71 Å². The second-order valence-corrected chi connectivity index (χ2v) is 7.15. The summed E-state index contributed by atoms with van der Waals surface area (Å²) in [7, 11) is 0. The molecule has 2 aromatic rings. The third-order valence-corrected chi connectivity index (χ3v) is 5.02. The zero-order valence-corrected chi connectivity index (χ0v) is 15.0. The Bertz CT molecular complexity index is 817. The largest absolute Gasteiger partial charge is 0.382 e. The van der Waals surface area contributed by atoms with E-state index in [1.807, 2.05) is 25.1 Å². The van der Waals surface area contributed by atoms with Crippen LogP contribution < -0.4 is 10.9 Å². The Balaban J connectivity index is 1.50. The molecule has 0 aliphatic carbocycles. The standard InChI is InChI=1S/C17H16ClN3O3S/c1-2-10-3-5-11(6-4-10)16(22)19-20-17(23)13-9-12(21-24-13)14-7-8-15(18)25-14/h3-8,13H,2,9H2,1H3,(H,19,22)(H,20,23). The van der Waals surface area contributed by atoms with Crippen molar-refractivity contribution in [3.8, 4) is 0 Å². The van der Waals surface area contributed by atoms with Crippen molar-refractivity contribution in [2.75, 3.05) is 0 Å². The van der Waals surface area contributed by atoms with Gasteiger partial charge in [0.2, 0.25) is 6.10 Å². The van der Waals surface area contributed by atoms with Crippen LogP contribution in [0.1, 0.15) is 34.1 Å². The molecule has 1 unspecified atom stereocenters. The molecule has 0 fully saturated rings. The molecule has 0 saturated carbocycles. The summed E-state index contributed by atoms with van der Waals surface area (Å²) in [5.74, 6) is -0.847. The summed E-state index contributed by atoms with van der Waals surface area (Å²) in [5, 5.41) is 3.92. The maximum atomic E-state index is 12.1. The number of carbonyl (C=O) groups is 2. The Morgan fingerprint density at radius 3 is 2.64 bits per heavy atom. The number of rotatable bonds is 4. The lowest BCUT2D eigenvalue weighted by atomic mass is 10.1. The topological polar surface area (TPSA) is 79.8 Å². The number of amides is 2. The van der Waals surface area contributed by atoms with E-state index in [2.05, 4.69) is 16.0 Å². The molecule has 1 aliphatic rings. The highest BCUT2D eigenvalue weighted by molar-refractivity contribution is 7.18. The second kappa shape index (κ2) is 7.67. The van der Waals surface area contributed by atoms with Gasteiger partial charge in [-0.2, -0.15) is 0 Å². The van der Waals surface area contributed by atoms with E-state index < -0.39 is 12.0 Å². The molecule has 0 radical (unpaired) electrons. The molecule has 25 heavy (non-hydrogen) atoms. The number of halogens is 1. The summed E-state index contributed by atoms with van der Waals surface area (Å²) in [5.41, 5.74) is 7.02. The Kier molecular flexibility index (Phi) is 5.35. The van der Waals surface area contributed by atoms with Gasteiger partial charge in [0.05, 0.1) is 9.21 Å². The highest BCUT2D eigenvalue weighted by Gasteiger charge is 2.29. The average Bonchev–Trinajstić information content (AvgIpc) is 3.28. The molecule has 0 bridgehead atoms. The Morgan fingerprint density at radius 1 is 1.24 bits per heavy atom. The lowest BCUT2D eigenvalue weighted by Gasteiger charge is -2.10. The van der Waals surface area contributed by atoms with Crippen LogP contribution in [0, 0.1) is 0 Å². The minimum atomic E-state index is -0.779. The second-order valence-electron chi connectivity index (χ2n) is 5.43. The van der Waals surface area contributed by atoms with E-state index in [-0.39, 0.29) is 5.91 Å². The molecule has 2 heterocycles. The predicted molar refractivity (Wildman–Crippen MR) is 96.8 cm³/mol. The molecule has 1 aromatic carbocycles. The quantitative estimate of drug-likeness (QED) is 0.804. The van der Waals surface area contributed by atoms with Gasteiger partial charge in [0.25, 0.3) is 11.8 Å². The summed E-state index contributed by atoms with van der Waals surface area (Å²) in [6.45, 7) is 2.04. The number of nitrogens with zero attached hydrogens (tertiary/aromatic N) is 1. The number of thiophene rings is 1. The first kappa shape index (κ1) is 17.4. The minimum Gasteiger partial charge on any atom is -0.382 e. The van der Waals surface area contributed by atoms with Crippen LogP contribution in [0.15, 0.2) is 41.6 Å². The number of benzene rings is 1. The van der Waals surface area contributed by atoms with Crippen molar-refractivity contribution in [1.29, 1.82) is 0 Å². The smallest absolute Gasteiger partial charge is 0.282 e. The van der Waals surface area contributed by atoms with Crippen molar-refractivity contribution in [3.63, 3.8) is 0 Å². The zero-order valence-electron chi connectivity index (χ0n) is 13.4. The molecule has 8 heteroatoms. The van der Waals surface area contributed by atoms with Crippen molar-refractivity contribution < 1.29 is 14.4 Å². The highest BCUT2D eigenvalue weighted by Crippen LogP contribution is 2.26. The molecule has 1 aliphatic heterocycles. The zero-order chi connectivity index (χ0) is 17.8. The fraction of sp³-hybridized carbons (Fsp3) is 0.235. The van der Waals surface area contributed by atoms with E-state index in [0.717, 1.165) is 16.9 Å². The van der Waals surface area contributed by atoms with Crippen LogP contribution in [0.5, 0.6) is 0 Å². The van der Waals surface area contributed by atoms with E-state index in [9.17, 15) is 9.59 Å². The maximum absolute atomic E-state index is 12.1. The van der Waals surface area contributed by atoms with Crippen LogP contribution in [0.3, 0.4) is 0 Å². The maximum Gasteiger partial charge on any atom is 0.282 e. The molecular formula is C17H16ClN3O3S. The number of hydrogen-bond donors (Lipinski definition) is 2. The van der Waals surface area contributed by atoms with E-state index in [1.165, 1.54) is 11.3 Å². The summed E-state index contributed by atoms with van der Waals surface area (Å²) >= 11 is 7.27. The van der Waals surface area contributed by atoms with Gasteiger partial charge in [-0.1, -0.05) is 35.8 Å². The lowest BCUT2D eigenvalue weighted by molar-refractivity contribution is -0.131. The van der Waals surface area contributed by atoms with Crippen LogP contribution in [-0.4, -0.2) is 23.6 Å². The number of hydrogen-bond acceptors (Lipinski definition) is 5. The van der Waals surface area contributed by atoms with Gasteiger partial charge in [-0.05, 0) is 36.2 Å². The van der Waals surface area contributed by atoms with Crippen LogP contribution in [0.4, 0.5) is 0 Å². The van der Waals surface area contributed by atoms with E-state index in [4.69, 9.17) is 16.4 Å². The SMILES string of the molecule is CCc1ccc(C(=O)NNC(=O)C2CC(c3ccc(Cl)s3)=NO2)cc1. The first-order valence-electron chi connectivity index (χ1n) is 7.74. The van der Waals surface area contributed by atoms with Gasteiger partial charge in [-0.25, -0.2) is 0 Å². The van der Waals surface area contributed by atoms with Crippen molar-refractivity contribution in [2.45, 2.75) is 25.9 Å². The van der Waals surface area contributed by atoms with Gasteiger partial charge in [-0.15, -0.1) is 11.3 Å². The lowest BCUT2D eigenvalue weighted by Crippen LogP contribution is -2.46. The monoisotopic (exact) mass is 377 g/mol. The van der Waals surface area contributed by atoms with Crippen molar-refractivity contribution in [3.05, 3.63) is 56.7 Å². The Morgan fingerprint density at radius 2 is 2.00 bits per heavy atom. The van der Waals surface area contributed by atoms with E-state index in [1.54, 1.807) is 18.2 Å². The van der Waals surface area contributed by atoms with Crippen LogP contribution in [0.25, 0.3) is 0 Å². The van der Waals surface area contributed by atoms with Gasteiger partial charge in [0.15, 0.2) is 0 Å². The first-order chi connectivity index (χ1) is 12.1. The summed E-state index contributed by atoms with van der Waals surface area (Å²) in [4.78, 5) is 30.2. The summed E-state index contributed by atoms with van der Waals surface area (Å²) in [6, 6.07) is 10.8. The van der Waals surface area contributed by atoms with Crippen molar-refractivity contribution in [1.82, 2.24) is 10.9 Å². The van der Waals surface area contributed by atoms with Gasteiger partial charge < -0.3 is 4.84 Å². The van der Waals surface area contributed by atoms with Gasteiger partial charge >= 0.3 is 0 Å². The molecule has 2 N–H and O–H groups in total. The molecule has 0 spiro atoms. The number of hydrazine groups is 1. The molecular weight excluding hydrogens is 362 g/mol. The summed E-state index contributed by atoms with van der Waals surface area (Å²) in [6.07, 6.45) is 0.442. The van der Waals surface area contributed by atoms with Crippen LogP contribution >= 0.6 is 22.9 Å². The number of oxime groups is 1. The molecule has 3 rings (SSSR count). The van der Waals surface area contributed by atoms with Crippen LogP contribution in [0.2, 0.25) is 4.34 Å².